The lowest BCUT2D eigenvalue weighted by Gasteiger charge is -1.88. The maximum absolute atomic E-state index is 9.98. The molecule has 0 aliphatic heterocycles. The Morgan fingerprint density at radius 2 is 2.12 bits per heavy atom. The Bertz CT molecular complexity index is 114. The van der Waals surface area contributed by atoms with E-state index in [-0.39, 0.29) is 0 Å². The molecular weight excluding hydrogens is 104 g/mol. The van der Waals surface area contributed by atoms with Gasteiger partial charge in [0.05, 0.1) is 0 Å². The molecule has 0 bridgehead atoms. The first-order valence-corrected chi connectivity index (χ1v) is 2.58. The summed E-state index contributed by atoms with van der Waals surface area (Å²) < 4.78 is 0. The van der Waals surface area contributed by atoms with Crippen LogP contribution in [0.3, 0.4) is 0 Å². The number of hydrogen-bond acceptors (Lipinski definition) is 1. The summed E-state index contributed by atoms with van der Waals surface area (Å²) in [5, 5.41) is 9.98. The molecule has 45 valence electrons. The molecule has 0 amide bonds. The van der Waals surface area contributed by atoms with E-state index in [0.717, 1.165) is 0 Å². The van der Waals surface area contributed by atoms with E-state index in [1.165, 1.54) is 0 Å². The van der Waals surface area contributed by atoms with Gasteiger partial charge in [-0.15, -0.1) is 0 Å². The van der Waals surface area contributed by atoms with E-state index >= 15 is 0 Å². The van der Waals surface area contributed by atoms with Crippen molar-refractivity contribution in [1.82, 2.24) is 0 Å². The van der Waals surface area contributed by atoms with Crippen molar-refractivity contribution in [3.05, 3.63) is 11.6 Å². The predicted octanol–water partition coefficient (Wildman–Crippen LogP) is 1.30. The highest BCUT2D eigenvalue weighted by atomic mass is 16.4. The zero-order valence-corrected chi connectivity index (χ0v) is 5.10. The largest absolute Gasteiger partial charge is 0.381 e. The van der Waals surface area contributed by atoms with Crippen LogP contribution in [0.2, 0.25) is 0 Å². The van der Waals surface area contributed by atoms with Crippen LogP contribution in [0.4, 0.5) is 0 Å². The van der Waals surface area contributed by atoms with Gasteiger partial charge < -0.3 is 0 Å². The lowest BCUT2D eigenvalue weighted by molar-refractivity contribution is -0.138. The minimum atomic E-state index is -1.06. The van der Waals surface area contributed by atoms with Gasteiger partial charge in [-0.1, -0.05) is 13.0 Å². The van der Waals surface area contributed by atoms with Crippen molar-refractivity contribution in [2.24, 2.45) is 0 Å². The lowest BCUT2D eigenvalue weighted by atomic mass is 10.2. The third kappa shape index (κ3) is 1.78. The van der Waals surface area contributed by atoms with Crippen molar-refractivity contribution in [3.63, 3.8) is 0 Å². The molecule has 8 heavy (non-hydrogen) atoms. The second kappa shape index (κ2) is 3.24. The third-order valence-electron chi connectivity index (χ3n) is 0.992. The topological polar surface area (TPSA) is 37.0 Å². The molecule has 0 aromatic carbocycles. The van der Waals surface area contributed by atoms with E-state index in [2.05, 4.69) is 0 Å². The van der Waals surface area contributed by atoms with Crippen LogP contribution in [0, 0.1) is 0 Å². The summed E-state index contributed by atoms with van der Waals surface area (Å²) in [5.74, 6) is -1.06. The summed E-state index contributed by atoms with van der Waals surface area (Å²) in [4.78, 5) is 9.98. The molecule has 0 aliphatic carbocycles. The Kier molecular flexibility index (Phi) is 2.92. The molecule has 0 unspecified atom stereocenters. The first-order valence-electron chi connectivity index (χ1n) is 2.58. The van der Waals surface area contributed by atoms with Gasteiger partial charge in [0.1, 0.15) is 0 Å². The fourth-order valence-electron chi connectivity index (χ4n) is 0.466. The van der Waals surface area contributed by atoms with Gasteiger partial charge in [-0.3, -0.25) is 0 Å². The molecule has 0 saturated heterocycles. The van der Waals surface area contributed by atoms with E-state index in [1.807, 2.05) is 0 Å². The highest BCUT2D eigenvalue weighted by Gasteiger charge is 2.02. The van der Waals surface area contributed by atoms with Crippen molar-refractivity contribution in [2.45, 2.75) is 20.3 Å². The monoisotopic (exact) mass is 113 g/mol. The highest BCUT2D eigenvalue weighted by Crippen LogP contribution is 1.98. The van der Waals surface area contributed by atoms with E-state index < -0.39 is 5.97 Å². The molecule has 0 heterocycles. The van der Waals surface area contributed by atoms with Gasteiger partial charge in [0.2, 0.25) is 0 Å². The average molecular weight is 113 g/mol. The fourth-order valence-corrected chi connectivity index (χ4v) is 0.466. The number of rotatable bonds is 2. The second-order valence-electron chi connectivity index (χ2n) is 1.45. The maximum Gasteiger partial charge on any atom is 0.381 e. The summed E-state index contributed by atoms with van der Waals surface area (Å²) in [6, 6.07) is 0. The fraction of sp³-hybridized carbons (Fsp3) is 0.500. The van der Waals surface area contributed by atoms with Crippen molar-refractivity contribution < 1.29 is 9.90 Å². The van der Waals surface area contributed by atoms with Gasteiger partial charge in [-0.25, -0.2) is 9.90 Å². The molecule has 2 nitrogen and oxygen atoms in total. The molecule has 0 fully saturated rings. The van der Waals surface area contributed by atoms with Crippen LogP contribution < -0.4 is 0 Å². The minimum Gasteiger partial charge on any atom is -0.242 e. The molecule has 2 heteroatoms. The molecule has 0 saturated carbocycles. The van der Waals surface area contributed by atoms with Crippen molar-refractivity contribution in [1.29, 1.82) is 0 Å². The Hall–Kier alpha value is -0.790. The molecule has 0 spiro atoms. The number of allylic oxidation sites excluding steroid dienone is 1. The standard InChI is InChI=1S/C6H9O2/c1-3-5(4-2)6(7)8/h3H,4H2,1-2H3/b5-3-. The van der Waals surface area contributed by atoms with Crippen molar-refractivity contribution >= 4 is 5.97 Å². The average Bonchev–Trinajstić information content (AvgIpc) is 1.69. The van der Waals surface area contributed by atoms with Crippen molar-refractivity contribution in [3.8, 4) is 0 Å². The second-order valence-corrected chi connectivity index (χ2v) is 1.45. The highest BCUT2D eigenvalue weighted by molar-refractivity contribution is 5.85. The summed E-state index contributed by atoms with van der Waals surface area (Å²) in [6.45, 7) is 3.47. The molecule has 1 radical (unpaired) electrons. The number of hydrogen-bond donors (Lipinski definition) is 0. The van der Waals surface area contributed by atoms with Crippen LogP contribution in [-0.4, -0.2) is 5.97 Å². The van der Waals surface area contributed by atoms with E-state index in [4.69, 9.17) is 0 Å². The molecular formula is C6H9O2. The molecule has 0 aliphatic rings. The summed E-state index contributed by atoms with van der Waals surface area (Å²) in [5.41, 5.74) is 0.366. The molecule has 0 atom stereocenters. The summed E-state index contributed by atoms with van der Waals surface area (Å²) in [7, 11) is 0. The van der Waals surface area contributed by atoms with E-state index in [9.17, 15) is 9.90 Å². The summed E-state index contributed by atoms with van der Waals surface area (Å²) >= 11 is 0. The quantitative estimate of drug-likeness (QED) is 0.497. The van der Waals surface area contributed by atoms with Gasteiger partial charge in [0.15, 0.2) is 0 Å². The Balaban J connectivity index is 3.92. The molecule has 0 aromatic heterocycles. The number of carbonyl (C=O) groups excluding carboxylic acids is 1. The normalized spacial score (nSPS) is 11.5. The Labute approximate surface area is 48.8 Å². The van der Waals surface area contributed by atoms with Crippen molar-refractivity contribution in [2.75, 3.05) is 0 Å². The van der Waals surface area contributed by atoms with E-state index in [1.54, 1.807) is 19.9 Å². The SMILES string of the molecule is C/C=C(/CC)C([O])=O. The van der Waals surface area contributed by atoms with Gasteiger partial charge in [-0.2, -0.15) is 0 Å². The molecule has 0 N–H and O–H groups in total. The van der Waals surface area contributed by atoms with Crippen LogP contribution in [0.1, 0.15) is 20.3 Å². The van der Waals surface area contributed by atoms with Gasteiger partial charge in [0.25, 0.3) is 0 Å². The smallest absolute Gasteiger partial charge is 0.242 e. The predicted molar refractivity (Wildman–Crippen MR) is 29.7 cm³/mol. The summed E-state index contributed by atoms with van der Waals surface area (Å²) in [6.07, 6.45) is 2.09. The third-order valence-corrected chi connectivity index (χ3v) is 0.992. The number of carbonyl (C=O) groups is 1. The molecule has 0 rings (SSSR count). The zero-order chi connectivity index (χ0) is 6.57. The Morgan fingerprint density at radius 3 is 2.12 bits per heavy atom. The van der Waals surface area contributed by atoms with Crippen LogP contribution in [0.5, 0.6) is 0 Å². The van der Waals surface area contributed by atoms with Crippen LogP contribution >= 0.6 is 0 Å². The van der Waals surface area contributed by atoms with Crippen LogP contribution in [-0.2, 0) is 9.90 Å². The first-order chi connectivity index (χ1) is 3.72. The Morgan fingerprint density at radius 1 is 1.62 bits per heavy atom. The zero-order valence-electron chi connectivity index (χ0n) is 5.10. The minimum absolute atomic E-state index is 0.366. The van der Waals surface area contributed by atoms with Gasteiger partial charge in [0, 0.05) is 5.57 Å². The van der Waals surface area contributed by atoms with E-state index in [0.29, 0.717) is 12.0 Å². The van der Waals surface area contributed by atoms with Gasteiger partial charge in [-0.05, 0) is 13.3 Å². The lowest BCUT2D eigenvalue weighted by Crippen LogP contribution is -1.95. The first kappa shape index (κ1) is 7.21. The van der Waals surface area contributed by atoms with Crippen LogP contribution in [0.25, 0.3) is 0 Å². The van der Waals surface area contributed by atoms with Gasteiger partial charge >= 0.3 is 5.97 Å². The molecule has 0 aromatic rings. The maximum atomic E-state index is 9.98. The van der Waals surface area contributed by atoms with Crippen LogP contribution in [0.15, 0.2) is 11.6 Å².